The van der Waals surface area contributed by atoms with Gasteiger partial charge in [0, 0.05) is 13.1 Å². The molecule has 0 atom stereocenters. The monoisotopic (exact) mass is 406 g/mol. The topological polar surface area (TPSA) is 77.9 Å². The van der Waals surface area contributed by atoms with Gasteiger partial charge in [-0.3, -0.25) is 4.79 Å². The van der Waals surface area contributed by atoms with E-state index < -0.39 is 52.9 Å². The van der Waals surface area contributed by atoms with Crippen molar-refractivity contribution >= 4 is 16.0 Å². The van der Waals surface area contributed by atoms with Crippen molar-refractivity contribution in [2.24, 2.45) is 0 Å². The molecule has 0 aromatic rings. The number of carboxylic acid groups (broad SMARTS) is 1. The van der Waals surface area contributed by atoms with Crippen molar-refractivity contribution in [1.29, 1.82) is 0 Å². The fourth-order valence-electron chi connectivity index (χ4n) is 1.62. The maximum absolute atomic E-state index is 13.6. The number of carboxylic acids is 1. The summed E-state index contributed by atoms with van der Waals surface area (Å²) in [6.45, 7) is -1.92. The van der Waals surface area contributed by atoms with Gasteiger partial charge in [-0.2, -0.15) is 35.0 Å². The molecule has 150 valence electrons. The van der Waals surface area contributed by atoms with Gasteiger partial charge in [0.05, 0.1) is 6.42 Å². The van der Waals surface area contributed by atoms with Gasteiger partial charge in [-0.1, -0.05) is 0 Å². The number of nitrogens with zero attached hydrogens (tertiary/aromatic N) is 2. The summed E-state index contributed by atoms with van der Waals surface area (Å²) in [5, 5.41) is 2.00. The molecule has 0 spiro atoms. The quantitative estimate of drug-likeness (QED) is 0.561. The highest BCUT2D eigenvalue weighted by Crippen LogP contribution is 2.49. The molecule has 0 saturated heterocycles. The molecular formula is C11H17F7N2O4S. The Balaban J connectivity index is 5.73. The van der Waals surface area contributed by atoms with Crippen molar-refractivity contribution in [3.63, 3.8) is 0 Å². The van der Waals surface area contributed by atoms with Crippen molar-refractivity contribution in [2.75, 3.05) is 33.7 Å². The Morgan fingerprint density at radius 2 is 1.44 bits per heavy atom. The van der Waals surface area contributed by atoms with Crippen molar-refractivity contribution in [2.45, 2.75) is 30.2 Å². The molecule has 0 amide bonds. The number of alkyl halides is 7. The minimum atomic E-state index is -6.85. The molecule has 0 rings (SSSR count). The van der Waals surface area contributed by atoms with Gasteiger partial charge < -0.3 is 10.0 Å². The number of hydrogen-bond donors (Lipinski definition) is 1. The molecule has 0 fully saturated rings. The summed E-state index contributed by atoms with van der Waals surface area (Å²) in [4.78, 5) is 11.9. The van der Waals surface area contributed by atoms with E-state index in [1.165, 1.54) is 19.0 Å². The highest BCUT2D eigenvalue weighted by atomic mass is 32.2. The zero-order valence-electron chi connectivity index (χ0n) is 13.2. The van der Waals surface area contributed by atoms with Gasteiger partial charge in [-0.05, 0) is 27.1 Å². The number of aliphatic carboxylic acids is 1. The minimum absolute atomic E-state index is 0.0975. The Bertz CT molecular complexity index is 563. The molecular weight excluding hydrogens is 389 g/mol. The van der Waals surface area contributed by atoms with Crippen LogP contribution in [0.2, 0.25) is 0 Å². The van der Waals surface area contributed by atoms with Crippen LogP contribution in [0.15, 0.2) is 0 Å². The third-order valence-electron chi connectivity index (χ3n) is 2.97. The average Bonchev–Trinajstić information content (AvgIpc) is 2.39. The summed E-state index contributed by atoms with van der Waals surface area (Å²) >= 11 is 0. The maximum Gasteiger partial charge on any atom is 0.461 e. The van der Waals surface area contributed by atoms with E-state index in [0.717, 1.165) is 0 Å². The third-order valence-corrected chi connectivity index (χ3v) is 4.92. The number of rotatable bonds is 10. The maximum atomic E-state index is 13.6. The van der Waals surface area contributed by atoms with Crippen molar-refractivity contribution < 1.29 is 49.1 Å². The predicted molar refractivity (Wildman–Crippen MR) is 71.9 cm³/mol. The molecule has 0 aliphatic carbocycles. The van der Waals surface area contributed by atoms with Gasteiger partial charge in [-0.25, -0.2) is 8.42 Å². The van der Waals surface area contributed by atoms with E-state index in [9.17, 15) is 43.9 Å². The average molecular weight is 406 g/mol. The Morgan fingerprint density at radius 3 is 1.80 bits per heavy atom. The van der Waals surface area contributed by atoms with Crippen LogP contribution in [0.5, 0.6) is 0 Å². The van der Waals surface area contributed by atoms with E-state index >= 15 is 0 Å². The fourth-order valence-corrected chi connectivity index (χ4v) is 3.09. The van der Waals surface area contributed by atoms with E-state index in [-0.39, 0.29) is 17.3 Å². The molecule has 0 heterocycles. The zero-order chi connectivity index (χ0) is 20.3. The van der Waals surface area contributed by atoms with Gasteiger partial charge in [0.25, 0.3) is 10.0 Å². The molecule has 0 aliphatic rings. The molecule has 14 heteroatoms. The first-order chi connectivity index (χ1) is 11.0. The molecule has 0 unspecified atom stereocenters. The lowest BCUT2D eigenvalue weighted by molar-refractivity contribution is -0.332. The number of sulfonamides is 1. The fraction of sp³-hybridized carbons (Fsp3) is 0.909. The predicted octanol–water partition coefficient (Wildman–Crippen LogP) is 1.83. The molecule has 0 saturated carbocycles. The Kier molecular flexibility index (Phi) is 7.66. The Labute approximate surface area is 139 Å². The second-order valence-corrected chi connectivity index (χ2v) is 7.27. The standard InChI is InChI=1S/C11H17F7N2O4S/c1-19(2)5-3-6-20(7-4-8(21)22)25(23,24)11(17,18)9(12,13)10(14,15)16/h3-7H2,1-2H3,(H,21,22). The molecule has 6 nitrogen and oxygen atoms in total. The third kappa shape index (κ3) is 5.41. The summed E-state index contributed by atoms with van der Waals surface area (Å²) in [5.74, 6) is -8.49. The van der Waals surface area contributed by atoms with Gasteiger partial charge in [-0.15, -0.1) is 0 Å². The second-order valence-electron chi connectivity index (χ2n) is 5.29. The second kappa shape index (κ2) is 8.03. The first kappa shape index (κ1) is 23.8. The van der Waals surface area contributed by atoms with Crippen molar-refractivity contribution in [3.05, 3.63) is 0 Å². The SMILES string of the molecule is CN(C)CCCN(CCC(=O)O)S(=O)(=O)C(F)(F)C(F)(F)C(F)(F)F. The van der Waals surface area contributed by atoms with E-state index in [1.807, 2.05) is 0 Å². The summed E-state index contributed by atoms with van der Waals surface area (Å²) in [6, 6.07) is 0. The van der Waals surface area contributed by atoms with E-state index in [0.29, 0.717) is 0 Å². The highest BCUT2D eigenvalue weighted by molar-refractivity contribution is 7.90. The van der Waals surface area contributed by atoms with Crippen LogP contribution in [-0.4, -0.2) is 79.8 Å². The zero-order valence-corrected chi connectivity index (χ0v) is 14.0. The molecule has 0 aromatic carbocycles. The molecule has 0 radical (unpaired) electrons. The highest BCUT2D eigenvalue weighted by Gasteiger charge is 2.79. The van der Waals surface area contributed by atoms with Crippen molar-refractivity contribution in [3.8, 4) is 0 Å². The first-order valence-electron chi connectivity index (χ1n) is 6.67. The summed E-state index contributed by atoms with van der Waals surface area (Å²) in [7, 11) is -3.45. The molecule has 25 heavy (non-hydrogen) atoms. The normalized spacial score (nSPS) is 14.4. The molecule has 0 bridgehead atoms. The lowest BCUT2D eigenvalue weighted by atomic mass is 10.3. The lowest BCUT2D eigenvalue weighted by Gasteiger charge is -2.32. The van der Waals surface area contributed by atoms with Crippen LogP contribution in [0.4, 0.5) is 30.7 Å². The molecule has 0 aliphatic heterocycles. The van der Waals surface area contributed by atoms with Crippen LogP contribution in [0.1, 0.15) is 12.8 Å². The van der Waals surface area contributed by atoms with Crippen molar-refractivity contribution in [1.82, 2.24) is 9.21 Å². The van der Waals surface area contributed by atoms with E-state index in [4.69, 9.17) is 5.11 Å². The summed E-state index contributed by atoms with van der Waals surface area (Å²) in [5.41, 5.74) is 0. The van der Waals surface area contributed by atoms with Crippen LogP contribution >= 0.6 is 0 Å². The lowest BCUT2D eigenvalue weighted by Crippen LogP contribution is -2.60. The van der Waals surface area contributed by atoms with Gasteiger partial charge in [0.2, 0.25) is 0 Å². The van der Waals surface area contributed by atoms with Gasteiger partial charge in [0.1, 0.15) is 0 Å². The van der Waals surface area contributed by atoms with Crippen LogP contribution in [0, 0.1) is 0 Å². The molecule has 1 N–H and O–H groups in total. The van der Waals surface area contributed by atoms with Crippen LogP contribution in [0.3, 0.4) is 0 Å². The van der Waals surface area contributed by atoms with Gasteiger partial charge >= 0.3 is 23.3 Å². The van der Waals surface area contributed by atoms with Crippen LogP contribution < -0.4 is 0 Å². The number of carbonyl (C=O) groups is 1. The van der Waals surface area contributed by atoms with Crippen LogP contribution in [0.25, 0.3) is 0 Å². The van der Waals surface area contributed by atoms with E-state index in [2.05, 4.69) is 0 Å². The molecule has 0 aromatic heterocycles. The Morgan fingerprint density at radius 1 is 0.960 bits per heavy atom. The summed E-state index contributed by atoms with van der Waals surface area (Å²) < 4.78 is 113. The minimum Gasteiger partial charge on any atom is -0.481 e. The number of halogens is 7. The number of hydrogen-bond acceptors (Lipinski definition) is 4. The van der Waals surface area contributed by atoms with Crippen LogP contribution in [-0.2, 0) is 14.8 Å². The summed E-state index contributed by atoms with van der Waals surface area (Å²) in [6.07, 6.45) is -8.06. The largest absolute Gasteiger partial charge is 0.481 e. The van der Waals surface area contributed by atoms with E-state index in [1.54, 1.807) is 0 Å². The van der Waals surface area contributed by atoms with Gasteiger partial charge in [0.15, 0.2) is 0 Å². The Hall–Kier alpha value is -1.15. The smallest absolute Gasteiger partial charge is 0.461 e. The first-order valence-corrected chi connectivity index (χ1v) is 8.11.